The van der Waals surface area contributed by atoms with Gasteiger partial charge in [-0.2, -0.15) is 0 Å². The minimum Gasteiger partial charge on any atom is -0.467 e. The van der Waals surface area contributed by atoms with Gasteiger partial charge in [-0.15, -0.1) is 0 Å². The van der Waals surface area contributed by atoms with Gasteiger partial charge in [-0.25, -0.2) is 9.18 Å². The molecule has 0 bridgehead atoms. The Morgan fingerprint density at radius 3 is 2.71 bits per heavy atom. The molecule has 2 aromatic carbocycles. The van der Waals surface area contributed by atoms with Crippen molar-refractivity contribution in [2.45, 2.75) is 13.0 Å². The number of halogens is 2. The Morgan fingerprint density at radius 2 is 2.05 bits per heavy atom. The van der Waals surface area contributed by atoms with E-state index < -0.39 is 17.8 Å². The van der Waals surface area contributed by atoms with Crippen LogP contribution in [0.1, 0.15) is 17.2 Å². The van der Waals surface area contributed by atoms with E-state index in [0.29, 0.717) is 10.7 Å². The van der Waals surface area contributed by atoms with Crippen LogP contribution >= 0.6 is 11.6 Å². The number of aryl methyl sites for hydroxylation is 1. The van der Waals surface area contributed by atoms with Crippen molar-refractivity contribution < 1.29 is 13.9 Å². The number of ether oxygens (including phenoxy) is 1. The van der Waals surface area contributed by atoms with Crippen molar-refractivity contribution in [3.63, 3.8) is 0 Å². The number of benzene rings is 2. The normalized spacial score (nSPS) is 11.8. The van der Waals surface area contributed by atoms with Gasteiger partial charge < -0.3 is 10.1 Å². The van der Waals surface area contributed by atoms with Gasteiger partial charge in [0.25, 0.3) is 0 Å². The number of nitrogens with one attached hydrogen (secondary N) is 1. The zero-order chi connectivity index (χ0) is 15.4. The fraction of sp³-hybridized carbons (Fsp3) is 0.188. The molecule has 0 spiro atoms. The molecule has 2 aromatic rings. The number of carbonyl (C=O) groups is 1. The first-order valence-electron chi connectivity index (χ1n) is 6.37. The van der Waals surface area contributed by atoms with Gasteiger partial charge in [0.2, 0.25) is 0 Å². The van der Waals surface area contributed by atoms with E-state index in [-0.39, 0.29) is 5.56 Å². The quantitative estimate of drug-likeness (QED) is 0.864. The molecule has 0 saturated heterocycles. The number of anilines is 1. The largest absolute Gasteiger partial charge is 0.467 e. The second-order valence-corrected chi connectivity index (χ2v) is 5.07. The summed E-state index contributed by atoms with van der Waals surface area (Å²) in [4.78, 5) is 12.0. The molecular formula is C16H15ClFNO2. The molecule has 0 aliphatic rings. The molecule has 0 aliphatic heterocycles. The van der Waals surface area contributed by atoms with Crippen LogP contribution < -0.4 is 5.32 Å². The van der Waals surface area contributed by atoms with Gasteiger partial charge >= 0.3 is 5.97 Å². The van der Waals surface area contributed by atoms with Crippen LogP contribution in [-0.2, 0) is 9.53 Å². The SMILES string of the molecule is COC(=O)C(Nc1cccc(C)c1)c1cc(Cl)ccc1F. The van der Waals surface area contributed by atoms with E-state index in [0.717, 1.165) is 5.56 Å². The molecule has 3 nitrogen and oxygen atoms in total. The highest BCUT2D eigenvalue weighted by Gasteiger charge is 2.24. The molecule has 1 N–H and O–H groups in total. The summed E-state index contributed by atoms with van der Waals surface area (Å²) in [6, 6.07) is 10.5. The third-order valence-corrected chi connectivity index (χ3v) is 3.27. The maximum Gasteiger partial charge on any atom is 0.333 e. The summed E-state index contributed by atoms with van der Waals surface area (Å²) in [5, 5.41) is 3.33. The minimum absolute atomic E-state index is 0.149. The summed E-state index contributed by atoms with van der Waals surface area (Å²) in [7, 11) is 1.26. The van der Waals surface area contributed by atoms with E-state index in [2.05, 4.69) is 5.32 Å². The molecule has 0 aliphatic carbocycles. The average molecular weight is 308 g/mol. The van der Waals surface area contributed by atoms with Gasteiger partial charge in [-0.05, 0) is 42.8 Å². The van der Waals surface area contributed by atoms with Gasteiger partial charge in [0.05, 0.1) is 7.11 Å². The summed E-state index contributed by atoms with van der Waals surface area (Å²) in [5.74, 6) is -1.10. The van der Waals surface area contributed by atoms with Crippen LogP contribution in [0.25, 0.3) is 0 Å². The summed E-state index contributed by atoms with van der Waals surface area (Å²) in [6.45, 7) is 1.93. The second-order valence-electron chi connectivity index (χ2n) is 4.64. The smallest absolute Gasteiger partial charge is 0.333 e. The van der Waals surface area contributed by atoms with Crippen molar-refractivity contribution >= 4 is 23.3 Å². The lowest BCUT2D eigenvalue weighted by Crippen LogP contribution is -2.23. The number of rotatable bonds is 4. The summed E-state index contributed by atoms with van der Waals surface area (Å²) < 4.78 is 18.7. The van der Waals surface area contributed by atoms with Crippen LogP contribution in [0.2, 0.25) is 5.02 Å². The topological polar surface area (TPSA) is 38.3 Å². The third kappa shape index (κ3) is 3.73. The maximum atomic E-state index is 14.0. The predicted octanol–water partition coefficient (Wildman–Crippen LogP) is 4.11. The highest BCUT2D eigenvalue weighted by molar-refractivity contribution is 6.30. The van der Waals surface area contributed by atoms with Crippen molar-refractivity contribution in [3.8, 4) is 0 Å². The monoisotopic (exact) mass is 307 g/mol. The Balaban J connectivity index is 2.39. The summed E-state index contributed by atoms with van der Waals surface area (Å²) in [5.41, 5.74) is 1.87. The van der Waals surface area contributed by atoms with Crippen molar-refractivity contribution in [1.29, 1.82) is 0 Å². The van der Waals surface area contributed by atoms with Crippen molar-refractivity contribution in [3.05, 3.63) is 64.4 Å². The molecule has 0 radical (unpaired) electrons. The number of esters is 1. The number of methoxy groups -OCH3 is 1. The highest BCUT2D eigenvalue weighted by atomic mass is 35.5. The predicted molar refractivity (Wildman–Crippen MR) is 81.0 cm³/mol. The minimum atomic E-state index is -0.963. The maximum absolute atomic E-state index is 14.0. The Labute approximate surface area is 127 Å². The Bertz CT molecular complexity index is 660. The molecule has 0 fully saturated rings. The van der Waals surface area contributed by atoms with Gasteiger partial charge in [-0.1, -0.05) is 23.7 Å². The zero-order valence-corrected chi connectivity index (χ0v) is 12.4. The molecule has 5 heteroatoms. The van der Waals surface area contributed by atoms with Crippen LogP contribution in [0.5, 0.6) is 0 Å². The van der Waals surface area contributed by atoms with E-state index in [1.165, 1.54) is 25.3 Å². The molecule has 110 valence electrons. The lowest BCUT2D eigenvalue weighted by molar-refractivity contribution is -0.141. The van der Waals surface area contributed by atoms with E-state index in [1.807, 2.05) is 25.1 Å². The fourth-order valence-electron chi connectivity index (χ4n) is 2.02. The van der Waals surface area contributed by atoms with Gasteiger partial charge in [0, 0.05) is 16.3 Å². The first-order chi connectivity index (χ1) is 10.0. The van der Waals surface area contributed by atoms with Crippen molar-refractivity contribution in [1.82, 2.24) is 0 Å². The number of hydrogen-bond acceptors (Lipinski definition) is 3. The molecule has 2 rings (SSSR count). The molecule has 0 heterocycles. The van der Waals surface area contributed by atoms with Crippen LogP contribution in [0.4, 0.5) is 10.1 Å². The molecule has 1 unspecified atom stereocenters. The standard InChI is InChI=1S/C16H15ClFNO2/c1-10-4-3-5-12(8-10)19-15(16(20)21-2)13-9-11(17)6-7-14(13)18/h3-9,15,19H,1-2H3. The van der Waals surface area contributed by atoms with Gasteiger partial charge in [-0.3, -0.25) is 0 Å². The van der Waals surface area contributed by atoms with E-state index in [1.54, 1.807) is 6.07 Å². The lowest BCUT2D eigenvalue weighted by Gasteiger charge is -2.19. The summed E-state index contributed by atoms with van der Waals surface area (Å²) >= 11 is 5.89. The van der Waals surface area contributed by atoms with E-state index in [9.17, 15) is 9.18 Å². The molecular weight excluding hydrogens is 293 g/mol. The second kappa shape index (κ2) is 6.59. The van der Waals surface area contributed by atoms with Gasteiger partial charge in [0.15, 0.2) is 6.04 Å². The van der Waals surface area contributed by atoms with Crippen molar-refractivity contribution in [2.24, 2.45) is 0 Å². The molecule has 21 heavy (non-hydrogen) atoms. The number of hydrogen-bond donors (Lipinski definition) is 1. The van der Waals surface area contributed by atoms with Crippen LogP contribution in [-0.4, -0.2) is 13.1 Å². The van der Waals surface area contributed by atoms with Crippen molar-refractivity contribution in [2.75, 3.05) is 12.4 Å². The van der Waals surface area contributed by atoms with E-state index in [4.69, 9.17) is 16.3 Å². The Morgan fingerprint density at radius 1 is 1.29 bits per heavy atom. The Hall–Kier alpha value is -2.07. The molecule has 0 amide bonds. The Kier molecular flexibility index (Phi) is 4.81. The van der Waals surface area contributed by atoms with Gasteiger partial charge in [0.1, 0.15) is 5.82 Å². The molecule has 1 atom stereocenters. The lowest BCUT2D eigenvalue weighted by atomic mass is 10.1. The zero-order valence-electron chi connectivity index (χ0n) is 11.7. The average Bonchev–Trinajstić information content (AvgIpc) is 2.47. The number of carbonyl (C=O) groups excluding carboxylic acids is 1. The van der Waals surface area contributed by atoms with Crippen LogP contribution in [0.15, 0.2) is 42.5 Å². The molecule has 0 saturated carbocycles. The van der Waals surface area contributed by atoms with Crippen LogP contribution in [0, 0.1) is 12.7 Å². The summed E-state index contributed by atoms with van der Waals surface area (Å²) in [6.07, 6.45) is 0. The van der Waals surface area contributed by atoms with Crippen LogP contribution in [0.3, 0.4) is 0 Å². The fourth-order valence-corrected chi connectivity index (χ4v) is 2.20. The molecule has 0 aromatic heterocycles. The van der Waals surface area contributed by atoms with E-state index >= 15 is 0 Å². The highest BCUT2D eigenvalue weighted by Crippen LogP contribution is 2.26. The third-order valence-electron chi connectivity index (χ3n) is 3.04. The first-order valence-corrected chi connectivity index (χ1v) is 6.75. The first kappa shape index (κ1) is 15.3.